The molecule has 1 aromatic carbocycles. The Balaban J connectivity index is 1.28. The highest BCUT2D eigenvalue weighted by Gasteiger charge is 2.61. The van der Waals surface area contributed by atoms with Crippen LogP contribution in [0.1, 0.15) is 32.6 Å². The third kappa shape index (κ3) is 2.19. The van der Waals surface area contributed by atoms with E-state index in [0.717, 1.165) is 19.3 Å². The van der Waals surface area contributed by atoms with Gasteiger partial charge < -0.3 is 0 Å². The smallest absolute Gasteiger partial charge is 0.238 e. The third-order valence-corrected chi connectivity index (χ3v) is 8.17. The zero-order chi connectivity index (χ0) is 20.7. The lowest BCUT2D eigenvalue weighted by molar-refractivity contribution is -0.124. The molecule has 2 heterocycles. The zero-order valence-corrected chi connectivity index (χ0v) is 16.9. The van der Waals surface area contributed by atoms with Gasteiger partial charge in [-0.2, -0.15) is 0 Å². The van der Waals surface area contributed by atoms with E-state index < -0.39 is 0 Å². The molecule has 0 aromatic heterocycles. The molecular formula is C24H24N2O4. The summed E-state index contributed by atoms with van der Waals surface area (Å²) >= 11 is 0. The van der Waals surface area contributed by atoms with Gasteiger partial charge in [0, 0.05) is 0 Å². The third-order valence-electron chi connectivity index (χ3n) is 8.17. The Kier molecular flexibility index (Phi) is 3.68. The minimum Gasteiger partial charge on any atom is -0.274 e. The van der Waals surface area contributed by atoms with E-state index in [-0.39, 0.29) is 53.2 Å². The van der Waals surface area contributed by atoms with Crippen LogP contribution in [0.4, 0.5) is 11.4 Å². The number of benzene rings is 1. The van der Waals surface area contributed by atoms with Gasteiger partial charge in [-0.25, -0.2) is 0 Å². The molecule has 6 heteroatoms. The number of amides is 4. The average Bonchev–Trinajstić information content (AvgIpc) is 3.47. The van der Waals surface area contributed by atoms with Gasteiger partial charge in [0.25, 0.3) is 0 Å². The maximum absolute atomic E-state index is 13.0. The van der Waals surface area contributed by atoms with E-state index in [1.807, 2.05) is 19.1 Å². The number of nitrogens with zero attached hydrogens (tertiary/aromatic N) is 2. The number of carbonyl (C=O) groups excluding carboxylic acids is 4. The summed E-state index contributed by atoms with van der Waals surface area (Å²) in [6.45, 7) is 1.97. The van der Waals surface area contributed by atoms with Crippen LogP contribution in [0.25, 0.3) is 0 Å². The molecular weight excluding hydrogens is 380 g/mol. The Morgan fingerprint density at radius 1 is 0.733 bits per heavy atom. The van der Waals surface area contributed by atoms with Gasteiger partial charge in [-0.15, -0.1) is 0 Å². The van der Waals surface area contributed by atoms with Gasteiger partial charge in [-0.1, -0.05) is 19.1 Å². The summed E-state index contributed by atoms with van der Waals surface area (Å²) in [7, 11) is 0. The lowest BCUT2D eigenvalue weighted by Crippen LogP contribution is -2.33. The second kappa shape index (κ2) is 6.13. The fourth-order valence-corrected chi connectivity index (χ4v) is 6.82. The SMILES string of the molecule is C[C@@H]1C=CC[C@H]2C(=O)N(c3ccc(N4C(=O)[C@@H]5[C@H]6CC[C@H](C6)[C@@H]5C4=O)cc3)C(=O)[C@@H]12. The van der Waals surface area contributed by atoms with E-state index in [9.17, 15) is 19.2 Å². The summed E-state index contributed by atoms with van der Waals surface area (Å²) in [5.41, 5.74) is 1.05. The van der Waals surface area contributed by atoms with Crippen molar-refractivity contribution in [2.45, 2.75) is 32.6 Å². The largest absolute Gasteiger partial charge is 0.274 e. The van der Waals surface area contributed by atoms with Crippen LogP contribution in [0.2, 0.25) is 0 Å². The molecule has 1 aromatic rings. The number of imide groups is 2. The first kappa shape index (κ1) is 18.0. The molecule has 2 aliphatic heterocycles. The number of carbonyl (C=O) groups is 4. The van der Waals surface area contributed by atoms with Gasteiger partial charge in [0.1, 0.15) is 0 Å². The summed E-state index contributed by atoms with van der Waals surface area (Å²) in [6.07, 6.45) is 7.69. The summed E-state index contributed by atoms with van der Waals surface area (Å²) < 4.78 is 0. The normalized spacial score (nSPS) is 39.3. The van der Waals surface area contributed by atoms with Crippen molar-refractivity contribution in [2.75, 3.05) is 9.80 Å². The minimum atomic E-state index is -0.307. The average molecular weight is 404 g/mol. The molecule has 0 spiro atoms. The fourth-order valence-electron chi connectivity index (χ4n) is 6.82. The molecule has 0 N–H and O–H groups in total. The predicted octanol–water partition coefficient (Wildman–Crippen LogP) is 2.92. The Hall–Kier alpha value is -2.76. The number of anilines is 2. The first-order valence-corrected chi connectivity index (χ1v) is 11.0. The fraction of sp³-hybridized carbons (Fsp3) is 0.500. The first-order valence-electron chi connectivity index (χ1n) is 11.0. The summed E-state index contributed by atoms with van der Waals surface area (Å²) in [4.78, 5) is 54.5. The Labute approximate surface area is 174 Å². The van der Waals surface area contributed by atoms with Crippen LogP contribution in [-0.2, 0) is 19.2 Å². The van der Waals surface area contributed by atoms with Crippen LogP contribution in [0.15, 0.2) is 36.4 Å². The Morgan fingerprint density at radius 3 is 1.77 bits per heavy atom. The molecule has 0 radical (unpaired) electrons. The van der Waals surface area contributed by atoms with Crippen molar-refractivity contribution in [1.82, 2.24) is 0 Å². The predicted molar refractivity (Wildman–Crippen MR) is 109 cm³/mol. The van der Waals surface area contributed by atoms with Crippen LogP contribution >= 0.6 is 0 Å². The van der Waals surface area contributed by atoms with Gasteiger partial charge in [0.15, 0.2) is 0 Å². The summed E-state index contributed by atoms with van der Waals surface area (Å²) in [5.74, 6) is -0.661. The van der Waals surface area contributed by atoms with E-state index in [0.29, 0.717) is 29.6 Å². The van der Waals surface area contributed by atoms with E-state index in [4.69, 9.17) is 0 Å². The molecule has 154 valence electrons. The number of rotatable bonds is 2. The monoisotopic (exact) mass is 404 g/mol. The molecule has 2 saturated heterocycles. The van der Waals surface area contributed by atoms with Crippen molar-refractivity contribution in [1.29, 1.82) is 0 Å². The molecule has 2 saturated carbocycles. The van der Waals surface area contributed by atoms with Crippen molar-refractivity contribution in [3.05, 3.63) is 36.4 Å². The Morgan fingerprint density at radius 2 is 1.23 bits per heavy atom. The summed E-state index contributed by atoms with van der Waals surface area (Å²) in [5, 5.41) is 0. The van der Waals surface area contributed by atoms with Gasteiger partial charge in [-0.3, -0.25) is 29.0 Å². The van der Waals surface area contributed by atoms with E-state index in [1.165, 1.54) is 9.80 Å². The van der Waals surface area contributed by atoms with Crippen molar-refractivity contribution in [2.24, 2.45) is 41.4 Å². The van der Waals surface area contributed by atoms with Crippen LogP contribution in [-0.4, -0.2) is 23.6 Å². The molecule has 6 rings (SSSR count). The van der Waals surface area contributed by atoms with Crippen LogP contribution in [0.3, 0.4) is 0 Å². The van der Waals surface area contributed by atoms with Crippen LogP contribution < -0.4 is 9.80 Å². The molecule has 2 bridgehead atoms. The number of fused-ring (bicyclic) bond motifs is 6. The highest BCUT2D eigenvalue weighted by atomic mass is 16.2. The van der Waals surface area contributed by atoms with E-state index in [2.05, 4.69) is 0 Å². The van der Waals surface area contributed by atoms with Gasteiger partial charge in [0.2, 0.25) is 23.6 Å². The number of hydrogen-bond donors (Lipinski definition) is 0. The Bertz CT molecular complexity index is 964. The minimum absolute atomic E-state index is 0.0408. The lowest BCUT2D eigenvalue weighted by atomic mass is 9.78. The second-order valence-corrected chi connectivity index (χ2v) is 9.58. The summed E-state index contributed by atoms with van der Waals surface area (Å²) in [6, 6.07) is 6.75. The van der Waals surface area contributed by atoms with Crippen LogP contribution in [0.5, 0.6) is 0 Å². The zero-order valence-electron chi connectivity index (χ0n) is 16.9. The standard InChI is InChI=1S/C24H24N2O4/c1-12-3-2-4-17-18(12)22(28)25(21(17)27)15-7-9-16(10-8-15)26-23(29)19-13-5-6-14(11-13)20(19)24(26)30/h2-3,7-10,12-14,17-20H,4-6,11H2,1H3/t12-,13-,14+,17-,18+,19+,20-/m1/s1. The van der Waals surface area contributed by atoms with Crippen molar-refractivity contribution in [3.8, 4) is 0 Å². The van der Waals surface area contributed by atoms with Gasteiger partial charge in [-0.05, 0) is 67.7 Å². The quantitative estimate of drug-likeness (QED) is 0.561. The topological polar surface area (TPSA) is 74.8 Å². The highest BCUT2D eigenvalue weighted by molar-refractivity contribution is 6.24. The van der Waals surface area contributed by atoms with E-state index in [1.54, 1.807) is 24.3 Å². The maximum Gasteiger partial charge on any atom is 0.238 e. The molecule has 0 unspecified atom stereocenters. The molecule has 7 atom stereocenters. The van der Waals surface area contributed by atoms with E-state index >= 15 is 0 Å². The van der Waals surface area contributed by atoms with Crippen molar-refractivity contribution >= 4 is 35.0 Å². The molecule has 4 amide bonds. The number of hydrogen-bond acceptors (Lipinski definition) is 4. The molecule has 30 heavy (non-hydrogen) atoms. The highest BCUT2D eigenvalue weighted by Crippen LogP contribution is 2.56. The first-order chi connectivity index (χ1) is 14.5. The lowest BCUT2D eigenvalue weighted by Gasteiger charge is -2.22. The van der Waals surface area contributed by atoms with Gasteiger partial charge in [0.05, 0.1) is 35.0 Å². The van der Waals surface area contributed by atoms with Crippen molar-refractivity contribution in [3.63, 3.8) is 0 Å². The molecule has 5 aliphatic rings. The van der Waals surface area contributed by atoms with Gasteiger partial charge >= 0.3 is 0 Å². The van der Waals surface area contributed by atoms with Crippen molar-refractivity contribution < 1.29 is 19.2 Å². The second-order valence-electron chi connectivity index (χ2n) is 9.58. The molecule has 6 nitrogen and oxygen atoms in total. The molecule has 3 aliphatic carbocycles. The maximum atomic E-state index is 13.0. The number of allylic oxidation sites excluding steroid dienone is 2. The molecule has 4 fully saturated rings. The van der Waals surface area contributed by atoms with Crippen LogP contribution in [0, 0.1) is 41.4 Å².